The molecule has 4 nitrogen and oxygen atoms in total. The first-order chi connectivity index (χ1) is 6.84. The van der Waals surface area contributed by atoms with Crippen LogP contribution in [0, 0.1) is 6.92 Å². The van der Waals surface area contributed by atoms with E-state index in [1.165, 1.54) is 5.56 Å². The molecule has 0 saturated heterocycles. The highest BCUT2D eigenvalue weighted by atomic mass is 15.4. The lowest BCUT2D eigenvalue weighted by Crippen LogP contribution is -1.87. The van der Waals surface area contributed by atoms with Gasteiger partial charge in [0.15, 0.2) is 0 Å². The highest BCUT2D eigenvalue weighted by molar-refractivity contribution is 5.79. The number of aromatic nitrogens is 3. The number of nitrogens with zero attached hydrogens (tertiary/aromatic N) is 4. The zero-order valence-electron chi connectivity index (χ0n) is 7.83. The van der Waals surface area contributed by atoms with Crippen LogP contribution in [0.1, 0.15) is 11.1 Å². The molecule has 0 bridgehead atoms. The summed E-state index contributed by atoms with van der Waals surface area (Å²) in [6.07, 6.45) is 4.86. The maximum atomic E-state index is 4.13. The molecule has 14 heavy (non-hydrogen) atoms. The van der Waals surface area contributed by atoms with Crippen LogP contribution < -0.4 is 0 Å². The standard InChI is InChI=1S/C10H10N4/c1-9-2-4-10(5-3-9)6-13-14-7-11-12-8-14/h2-8H,1H3. The first-order valence-corrected chi connectivity index (χ1v) is 4.30. The first-order valence-electron chi connectivity index (χ1n) is 4.30. The van der Waals surface area contributed by atoms with Crippen LogP contribution in [0.3, 0.4) is 0 Å². The van der Waals surface area contributed by atoms with E-state index >= 15 is 0 Å². The molecule has 1 heterocycles. The van der Waals surface area contributed by atoms with E-state index in [0.717, 1.165) is 5.56 Å². The van der Waals surface area contributed by atoms with Crippen LogP contribution in [0.2, 0.25) is 0 Å². The minimum atomic E-state index is 1.06. The monoisotopic (exact) mass is 186 g/mol. The molecular formula is C10H10N4. The van der Waals surface area contributed by atoms with Gasteiger partial charge in [0, 0.05) is 0 Å². The Hall–Kier alpha value is -1.97. The molecule has 0 fully saturated rings. The molecule has 70 valence electrons. The summed E-state index contributed by atoms with van der Waals surface area (Å²) in [5.41, 5.74) is 2.30. The molecule has 4 heteroatoms. The summed E-state index contributed by atoms with van der Waals surface area (Å²) in [5, 5.41) is 11.4. The van der Waals surface area contributed by atoms with E-state index < -0.39 is 0 Å². The SMILES string of the molecule is Cc1ccc(C=Nn2cnnc2)cc1. The lowest BCUT2D eigenvalue weighted by Gasteiger charge is -1.93. The third-order valence-electron chi connectivity index (χ3n) is 1.82. The smallest absolute Gasteiger partial charge is 0.141 e. The third-order valence-corrected chi connectivity index (χ3v) is 1.82. The predicted octanol–water partition coefficient (Wildman–Crippen LogP) is 1.47. The molecule has 0 aliphatic heterocycles. The van der Waals surface area contributed by atoms with Gasteiger partial charge in [-0.1, -0.05) is 29.8 Å². The lowest BCUT2D eigenvalue weighted by atomic mass is 10.2. The molecule has 0 amide bonds. The van der Waals surface area contributed by atoms with Crippen LogP contribution in [-0.2, 0) is 0 Å². The van der Waals surface area contributed by atoms with Gasteiger partial charge in [0.1, 0.15) is 12.7 Å². The van der Waals surface area contributed by atoms with E-state index in [0.29, 0.717) is 0 Å². The highest BCUT2D eigenvalue weighted by Gasteiger charge is 1.87. The molecular weight excluding hydrogens is 176 g/mol. The number of hydrogen-bond acceptors (Lipinski definition) is 3. The molecule has 0 spiro atoms. The summed E-state index contributed by atoms with van der Waals surface area (Å²) < 4.78 is 1.56. The van der Waals surface area contributed by atoms with Crippen LogP contribution in [0.25, 0.3) is 0 Å². The number of rotatable bonds is 2. The van der Waals surface area contributed by atoms with E-state index in [-0.39, 0.29) is 0 Å². The molecule has 2 rings (SSSR count). The van der Waals surface area contributed by atoms with Gasteiger partial charge in [-0.3, -0.25) is 0 Å². The normalized spacial score (nSPS) is 10.9. The highest BCUT2D eigenvalue weighted by Crippen LogP contribution is 2.00. The topological polar surface area (TPSA) is 43.1 Å². The van der Waals surface area contributed by atoms with E-state index in [1.54, 1.807) is 23.5 Å². The van der Waals surface area contributed by atoms with Crippen molar-refractivity contribution in [3.05, 3.63) is 48.0 Å². The maximum absolute atomic E-state index is 4.13. The number of benzene rings is 1. The van der Waals surface area contributed by atoms with E-state index in [2.05, 4.69) is 22.2 Å². The van der Waals surface area contributed by atoms with Gasteiger partial charge in [-0.15, -0.1) is 10.2 Å². The second-order valence-electron chi connectivity index (χ2n) is 3.00. The average Bonchev–Trinajstić information content (AvgIpc) is 2.70. The zero-order chi connectivity index (χ0) is 9.80. The Bertz CT molecular complexity index is 414. The van der Waals surface area contributed by atoms with E-state index in [4.69, 9.17) is 0 Å². The quantitative estimate of drug-likeness (QED) is 0.666. The van der Waals surface area contributed by atoms with E-state index in [9.17, 15) is 0 Å². The lowest BCUT2D eigenvalue weighted by molar-refractivity contribution is 0.878. The summed E-state index contributed by atoms with van der Waals surface area (Å²) in [4.78, 5) is 0. The van der Waals surface area contributed by atoms with Crippen molar-refractivity contribution in [1.82, 2.24) is 14.9 Å². The van der Waals surface area contributed by atoms with Crippen LogP contribution in [-0.4, -0.2) is 21.1 Å². The second kappa shape index (κ2) is 3.83. The van der Waals surface area contributed by atoms with Crippen molar-refractivity contribution in [3.63, 3.8) is 0 Å². The Morgan fingerprint density at radius 3 is 2.43 bits per heavy atom. The van der Waals surface area contributed by atoms with Gasteiger partial charge in [-0.2, -0.15) is 5.10 Å². The summed E-state index contributed by atoms with van der Waals surface area (Å²) >= 11 is 0. The zero-order valence-corrected chi connectivity index (χ0v) is 7.83. The summed E-state index contributed by atoms with van der Waals surface area (Å²) in [6.45, 7) is 2.06. The molecule has 0 saturated carbocycles. The van der Waals surface area contributed by atoms with Crippen LogP contribution >= 0.6 is 0 Å². The Labute approximate surface area is 81.9 Å². The molecule has 0 N–H and O–H groups in total. The summed E-state index contributed by atoms with van der Waals surface area (Å²) in [5.74, 6) is 0. The van der Waals surface area contributed by atoms with Crippen molar-refractivity contribution in [2.24, 2.45) is 5.10 Å². The fourth-order valence-electron chi connectivity index (χ4n) is 1.04. The van der Waals surface area contributed by atoms with Crippen LogP contribution in [0.15, 0.2) is 42.0 Å². The first kappa shape index (κ1) is 8.62. The fraction of sp³-hybridized carbons (Fsp3) is 0.100. The van der Waals surface area contributed by atoms with Gasteiger partial charge in [0.25, 0.3) is 0 Å². The minimum absolute atomic E-state index is 1.06. The molecule has 0 aliphatic rings. The molecule has 0 unspecified atom stereocenters. The molecule has 0 atom stereocenters. The van der Waals surface area contributed by atoms with Gasteiger partial charge in [-0.25, -0.2) is 4.68 Å². The van der Waals surface area contributed by atoms with Crippen molar-refractivity contribution in [2.45, 2.75) is 6.92 Å². The van der Waals surface area contributed by atoms with Crippen molar-refractivity contribution < 1.29 is 0 Å². The second-order valence-corrected chi connectivity index (χ2v) is 3.00. The van der Waals surface area contributed by atoms with Gasteiger partial charge >= 0.3 is 0 Å². The van der Waals surface area contributed by atoms with Crippen molar-refractivity contribution in [1.29, 1.82) is 0 Å². The van der Waals surface area contributed by atoms with Crippen LogP contribution in [0.5, 0.6) is 0 Å². The minimum Gasteiger partial charge on any atom is -0.208 e. The fourth-order valence-corrected chi connectivity index (χ4v) is 1.04. The number of aryl methyl sites for hydroxylation is 1. The Morgan fingerprint density at radius 1 is 1.14 bits per heavy atom. The van der Waals surface area contributed by atoms with Crippen molar-refractivity contribution in [3.8, 4) is 0 Å². The summed E-state index contributed by atoms with van der Waals surface area (Å²) in [7, 11) is 0. The van der Waals surface area contributed by atoms with Gasteiger partial charge < -0.3 is 0 Å². The predicted molar refractivity (Wildman–Crippen MR) is 54.2 cm³/mol. The Kier molecular flexibility index (Phi) is 2.36. The Balaban J connectivity index is 2.15. The summed E-state index contributed by atoms with van der Waals surface area (Å²) in [6, 6.07) is 8.13. The van der Waals surface area contributed by atoms with Crippen molar-refractivity contribution >= 4 is 6.21 Å². The van der Waals surface area contributed by atoms with Crippen LogP contribution in [0.4, 0.5) is 0 Å². The molecule has 2 aromatic rings. The molecule has 1 aromatic heterocycles. The van der Waals surface area contributed by atoms with E-state index in [1.807, 2.05) is 24.3 Å². The largest absolute Gasteiger partial charge is 0.208 e. The number of hydrogen-bond donors (Lipinski definition) is 0. The molecule has 0 aliphatic carbocycles. The molecule has 0 radical (unpaired) electrons. The van der Waals surface area contributed by atoms with Gasteiger partial charge in [0.2, 0.25) is 0 Å². The Morgan fingerprint density at radius 2 is 1.79 bits per heavy atom. The van der Waals surface area contributed by atoms with Gasteiger partial charge in [0.05, 0.1) is 6.21 Å². The maximum Gasteiger partial charge on any atom is 0.141 e. The average molecular weight is 186 g/mol. The third kappa shape index (κ3) is 2.04. The van der Waals surface area contributed by atoms with Gasteiger partial charge in [-0.05, 0) is 12.5 Å². The molecule has 1 aromatic carbocycles. The van der Waals surface area contributed by atoms with Crippen molar-refractivity contribution in [2.75, 3.05) is 0 Å².